The Kier molecular flexibility index (Phi) is 5.86. The van der Waals surface area contributed by atoms with Crippen LogP contribution in [0.15, 0.2) is 30.3 Å². The van der Waals surface area contributed by atoms with Gasteiger partial charge in [-0.3, -0.25) is 4.79 Å². The van der Waals surface area contributed by atoms with Crippen LogP contribution in [-0.2, 0) is 11.3 Å². The maximum absolute atomic E-state index is 12.3. The van der Waals surface area contributed by atoms with Crippen LogP contribution in [0.3, 0.4) is 0 Å². The van der Waals surface area contributed by atoms with E-state index in [1.807, 2.05) is 56.0 Å². The van der Waals surface area contributed by atoms with Gasteiger partial charge in [0.25, 0.3) is 0 Å². The van der Waals surface area contributed by atoms with Gasteiger partial charge < -0.3 is 10.6 Å². The number of carbonyl (C=O) groups excluding carboxylic acids is 1. The van der Waals surface area contributed by atoms with Crippen molar-refractivity contribution < 1.29 is 4.79 Å². The van der Waals surface area contributed by atoms with Gasteiger partial charge in [-0.2, -0.15) is 0 Å². The molecule has 3 nitrogen and oxygen atoms in total. The first-order valence-corrected chi connectivity index (χ1v) is 6.66. The normalized spacial score (nSPS) is 12.5. The zero-order chi connectivity index (χ0) is 13.5. The molecule has 0 fully saturated rings. The van der Waals surface area contributed by atoms with Crippen molar-refractivity contribution in [2.75, 3.05) is 0 Å². The van der Waals surface area contributed by atoms with Crippen molar-refractivity contribution in [2.24, 2.45) is 5.73 Å². The zero-order valence-electron chi connectivity index (χ0n) is 11.6. The Morgan fingerprint density at radius 2 is 1.89 bits per heavy atom. The summed E-state index contributed by atoms with van der Waals surface area (Å²) in [5.74, 6) is 0.0516. The molecule has 0 saturated heterocycles. The van der Waals surface area contributed by atoms with Crippen molar-refractivity contribution in [3.05, 3.63) is 35.9 Å². The molecule has 0 radical (unpaired) electrons. The minimum atomic E-state index is -0.374. The van der Waals surface area contributed by atoms with Gasteiger partial charge in [0.1, 0.15) is 0 Å². The molecule has 0 heterocycles. The van der Waals surface area contributed by atoms with Crippen LogP contribution in [0.25, 0.3) is 0 Å². The van der Waals surface area contributed by atoms with Crippen molar-refractivity contribution >= 4 is 5.91 Å². The predicted molar refractivity (Wildman–Crippen MR) is 75.0 cm³/mol. The van der Waals surface area contributed by atoms with Gasteiger partial charge in [-0.1, -0.05) is 43.7 Å². The van der Waals surface area contributed by atoms with E-state index >= 15 is 0 Å². The molecule has 100 valence electrons. The lowest BCUT2D eigenvalue weighted by atomic mass is 10.1. The summed E-state index contributed by atoms with van der Waals surface area (Å²) in [6.07, 6.45) is 1.68. The Labute approximate surface area is 110 Å². The number of carbonyl (C=O) groups is 1. The molecule has 18 heavy (non-hydrogen) atoms. The number of rotatable bonds is 6. The first-order chi connectivity index (χ1) is 8.56. The first kappa shape index (κ1) is 14.7. The topological polar surface area (TPSA) is 46.3 Å². The molecule has 1 atom stereocenters. The highest BCUT2D eigenvalue weighted by Crippen LogP contribution is 2.11. The van der Waals surface area contributed by atoms with Crippen LogP contribution in [0.1, 0.15) is 39.2 Å². The molecular formula is C15H24N2O. The largest absolute Gasteiger partial charge is 0.335 e. The van der Waals surface area contributed by atoms with E-state index in [2.05, 4.69) is 0 Å². The second kappa shape index (κ2) is 7.17. The highest BCUT2D eigenvalue weighted by Gasteiger charge is 2.22. The maximum Gasteiger partial charge on any atom is 0.240 e. The van der Waals surface area contributed by atoms with Crippen LogP contribution < -0.4 is 5.73 Å². The van der Waals surface area contributed by atoms with Gasteiger partial charge in [0.05, 0.1) is 6.04 Å². The second-order valence-corrected chi connectivity index (χ2v) is 4.94. The van der Waals surface area contributed by atoms with Gasteiger partial charge in [-0.25, -0.2) is 0 Å². The number of amides is 1. The summed E-state index contributed by atoms with van der Waals surface area (Å²) < 4.78 is 0. The van der Waals surface area contributed by atoms with Crippen molar-refractivity contribution in [1.82, 2.24) is 4.90 Å². The molecule has 0 aromatic heterocycles. The minimum Gasteiger partial charge on any atom is -0.335 e. The van der Waals surface area contributed by atoms with Crippen LogP contribution in [0.2, 0.25) is 0 Å². The fourth-order valence-electron chi connectivity index (χ4n) is 1.94. The lowest BCUT2D eigenvalue weighted by Crippen LogP contribution is -2.46. The number of nitrogens with two attached hydrogens (primary N) is 1. The second-order valence-electron chi connectivity index (χ2n) is 4.94. The van der Waals surface area contributed by atoms with E-state index in [9.17, 15) is 4.79 Å². The highest BCUT2D eigenvalue weighted by molar-refractivity contribution is 5.81. The third-order valence-corrected chi connectivity index (χ3v) is 3.02. The Morgan fingerprint density at radius 3 is 2.39 bits per heavy atom. The summed E-state index contributed by atoms with van der Waals surface area (Å²) in [5.41, 5.74) is 7.07. The van der Waals surface area contributed by atoms with Gasteiger partial charge in [-0.15, -0.1) is 0 Å². The fourth-order valence-corrected chi connectivity index (χ4v) is 1.94. The molecule has 0 spiro atoms. The molecule has 0 saturated carbocycles. The molecule has 1 amide bonds. The lowest BCUT2D eigenvalue weighted by Gasteiger charge is -2.29. The summed E-state index contributed by atoms with van der Waals surface area (Å²) in [6, 6.07) is 9.83. The van der Waals surface area contributed by atoms with Gasteiger partial charge in [0.2, 0.25) is 5.91 Å². The highest BCUT2D eigenvalue weighted by atomic mass is 16.2. The molecular weight excluding hydrogens is 224 g/mol. The number of hydrogen-bond donors (Lipinski definition) is 1. The summed E-state index contributed by atoms with van der Waals surface area (Å²) in [4.78, 5) is 14.1. The van der Waals surface area contributed by atoms with Crippen molar-refractivity contribution in [3.63, 3.8) is 0 Å². The number of nitrogens with zero attached hydrogens (tertiary/aromatic N) is 1. The smallest absolute Gasteiger partial charge is 0.240 e. The van der Waals surface area contributed by atoms with Crippen molar-refractivity contribution in [2.45, 2.75) is 52.2 Å². The lowest BCUT2D eigenvalue weighted by molar-refractivity contribution is -0.135. The Balaban J connectivity index is 2.74. The third kappa shape index (κ3) is 4.15. The van der Waals surface area contributed by atoms with Gasteiger partial charge in [0.15, 0.2) is 0 Å². The van der Waals surface area contributed by atoms with Gasteiger partial charge in [-0.05, 0) is 25.8 Å². The van der Waals surface area contributed by atoms with E-state index in [4.69, 9.17) is 5.73 Å². The summed E-state index contributed by atoms with van der Waals surface area (Å²) in [6.45, 7) is 6.73. The molecule has 0 aliphatic rings. The maximum atomic E-state index is 12.3. The van der Waals surface area contributed by atoms with E-state index in [1.165, 1.54) is 0 Å². The van der Waals surface area contributed by atoms with Crippen LogP contribution in [0, 0.1) is 0 Å². The Hall–Kier alpha value is -1.35. The fraction of sp³-hybridized carbons (Fsp3) is 0.533. The standard InChI is InChI=1S/C15H24N2O/c1-4-8-14(16)15(18)17(12(2)3)11-13-9-6-5-7-10-13/h5-7,9-10,12,14H,4,8,11,16H2,1-3H3/t14-/m1/s1. The molecule has 0 bridgehead atoms. The molecule has 0 unspecified atom stereocenters. The molecule has 3 heteroatoms. The number of benzene rings is 1. The molecule has 1 rings (SSSR count). The van der Waals surface area contributed by atoms with E-state index in [0.717, 1.165) is 18.4 Å². The van der Waals surface area contributed by atoms with Crippen LogP contribution in [0.5, 0.6) is 0 Å². The van der Waals surface area contributed by atoms with E-state index in [1.54, 1.807) is 0 Å². The van der Waals surface area contributed by atoms with Gasteiger partial charge in [0, 0.05) is 12.6 Å². The Bertz CT molecular complexity index is 362. The predicted octanol–water partition coefficient (Wildman–Crippen LogP) is 2.55. The molecule has 0 aliphatic carbocycles. The third-order valence-electron chi connectivity index (χ3n) is 3.02. The molecule has 2 N–H and O–H groups in total. The SMILES string of the molecule is CCC[C@@H](N)C(=O)N(Cc1ccccc1)C(C)C. The summed E-state index contributed by atoms with van der Waals surface area (Å²) in [5, 5.41) is 0. The van der Waals surface area contributed by atoms with Crippen LogP contribution in [0.4, 0.5) is 0 Å². The van der Waals surface area contributed by atoms with Crippen molar-refractivity contribution in [1.29, 1.82) is 0 Å². The Morgan fingerprint density at radius 1 is 1.28 bits per heavy atom. The first-order valence-electron chi connectivity index (χ1n) is 6.66. The molecule has 1 aromatic rings. The summed E-state index contributed by atoms with van der Waals surface area (Å²) >= 11 is 0. The van der Waals surface area contributed by atoms with E-state index < -0.39 is 0 Å². The quantitative estimate of drug-likeness (QED) is 0.841. The van der Waals surface area contributed by atoms with E-state index in [-0.39, 0.29) is 18.0 Å². The van der Waals surface area contributed by atoms with Gasteiger partial charge >= 0.3 is 0 Å². The molecule has 0 aliphatic heterocycles. The van der Waals surface area contributed by atoms with E-state index in [0.29, 0.717) is 6.54 Å². The van der Waals surface area contributed by atoms with Crippen LogP contribution >= 0.6 is 0 Å². The minimum absolute atomic E-state index is 0.0516. The zero-order valence-corrected chi connectivity index (χ0v) is 11.6. The van der Waals surface area contributed by atoms with Crippen LogP contribution in [-0.4, -0.2) is 22.9 Å². The monoisotopic (exact) mass is 248 g/mol. The average molecular weight is 248 g/mol. The number of hydrogen-bond acceptors (Lipinski definition) is 2. The summed E-state index contributed by atoms with van der Waals surface area (Å²) in [7, 11) is 0. The molecule has 1 aromatic carbocycles. The van der Waals surface area contributed by atoms with Crippen molar-refractivity contribution in [3.8, 4) is 0 Å². The average Bonchev–Trinajstić information content (AvgIpc) is 2.36.